The molecule has 200 valence electrons. The van der Waals surface area contributed by atoms with Crippen LogP contribution in [0.1, 0.15) is 45.8 Å². The van der Waals surface area contributed by atoms with Crippen molar-refractivity contribution in [1.82, 2.24) is 15.3 Å². The fraction of sp³-hybridized carbons (Fsp3) is 0.161. The number of ether oxygens (including phenoxy) is 1. The summed E-state index contributed by atoms with van der Waals surface area (Å²) < 4.78 is 5.68. The Labute approximate surface area is 234 Å². The van der Waals surface area contributed by atoms with Crippen LogP contribution in [0.25, 0.3) is 22.4 Å². The van der Waals surface area contributed by atoms with Crippen LogP contribution in [0, 0.1) is 0 Å². The van der Waals surface area contributed by atoms with E-state index in [0.29, 0.717) is 28.9 Å². The van der Waals surface area contributed by atoms with Gasteiger partial charge in [0.15, 0.2) is 6.10 Å². The van der Waals surface area contributed by atoms with E-state index in [1.807, 2.05) is 66.0 Å². The molecule has 3 aromatic carbocycles. The molecule has 0 spiro atoms. The average molecular weight is 551 g/mol. The third-order valence-electron chi connectivity index (χ3n) is 6.85. The maximum Gasteiger partial charge on any atom is 0.303 e. The van der Waals surface area contributed by atoms with Gasteiger partial charge in [0.25, 0.3) is 5.91 Å². The van der Waals surface area contributed by atoms with Crippen molar-refractivity contribution in [1.29, 1.82) is 0 Å². The number of aromatic amines is 1. The Kier molecular flexibility index (Phi) is 6.88. The molecule has 0 aliphatic carbocycles. The summed E-state index contributed by atoms with van der Waals surface area (Å²) in [4.78, 5) is 49.1. The van der Waals surface area contributed by atoms with E-state index in [1.54, 1.807) is 34.4 Å². The minimum Gasteiger partial charge on any atom is -0.453 e. The maximum atomic E-state index is 13.7. The van der Waals surface area contributed by atoms with E-state index in [-0.39, 0.29) is 24.8 Å². The molecule has 2 N–H and O–H groups in total. The van der Waals surface area contributed by atoms with Gasteiger partial charge in [-0.25, -0.2) is 4.98 Å². The standard InChI is InChI=1S/C31H26N4O4S/c1-19(36)39-29-22-8-2-3-9-23(22)31(38)35(27-13-7-4-10-24(27)29)15-14-28(37)32-17-21-16-20(18-40-21)30-33-25-11-5-6-12-26(25)34-30/h2-13,16,18,29H,14-15,17H2,1H3,(H,32,37)(H,33,34). The lowest BCUT2D eigenvalue weighted by atomic mass is 9.97. The van der Waals surface area contributed by atoms with Crippen LogP contribution in [0.5, 0.6) is 0 Å². The van der Waals surface area contributed by atoms with Crippen molar-refractivity contribution < 1.29 is 19.1 Å². The van der Waals surface area contributed by atoms with Gasteiger partial charge in [-0.2, -0.15) is 0 Å². The number of carbonyl (C=O) groups excluding carboxylic acids is 3. The third-order valence-corrected chi connectivity index (χ3v) is 7.79. The first-order chi connectivity index (χ1) is 19.5. The van der Waals surface area contributed by atoms with Crippen LogP contribution in [0.2, 0.25) is 0 Å². The highest BCUT2D eigenvalue weighted by atomic mass is 32.1. The lowest BCUT2D eigenvalue weighted by Crippen LogP contribution is -2.35. The quantitative estimate of drug-likeness (QED) is 0.256. The molecule has 2 aromatic heterocycles. The molecule has 8 nitrogen and oxygen atoms in total. The Bertz CT molecular complexity index is 1710. The topological polar surface area (TPSA) is 104 Å². The number of benzene rings is 3. The van der Waals surface area contributed by atoms with Crippen LogP contribution >= 0.6 is 11.3 Å². The lowest BCUT2D eigenvalue weighted by molar-refractivity contribution is -0.144. The van der Waals surface area contributed by atoms with Gasteiger partial charge in [0, 0.05) is 52.4 Å². The second kappa shape index (κ2) is 10.8. The molecule has 1 atom stereocenters. The van der Waals surface area contributed by atoms with Crippen LogP contribution in [-0.4, -0.2) is 34.3 Å². The Hall–Kier alpha value is -4.76. The van der Waals surface area contributed by atoms with E-state index >= 15 is 0 Å². The number of hydrogen-bond acceptors (Lipinski definition) is 6. The molecule has 0 radical (unpaired) electrons. The average Bonchev–Trinajstić information content (AvgIpc) is 3.60. The van der Waals surface area contributed by atoms with Crippen molar-refractivity contribution in [3.63, 3.8) is 0 Å². The van der Waals surface area contributed by atoms with Crippen LogP contribution in [0.4, 0.5) is 5.69 Å². The molecule has 0 fully saturated rings. The summed E-state index contributed by atoms with van der Waals surface area (Å²) in [6.45, 7) is 1.91. The number of thiophene rings is 1. The van der Waals surface area contributed by atoms with E-state index in [1.165, 1.54) is 6.92 Å². The predicted molar refractivity (Wildman–Crippen MR) is 154 cm³/mol. The summed E-state index contributed by atoms with van der Waals surface area (Å²) in [6.07, 6.45) is -0.602. The monoisotopic (exact) mass is 550 g/mol. The second-order valence-electron chi connectivity index (χ2n) is 9.52. The molecule has 6 rings (SSSR count). The van der Waals surface area contributed by atoms with E-state index in [9.17, 15) is 14.4 Å². The molecule has 0 saturated heterocycles. The molecule has 1 aliphatic rings. The molecule has 9 heteroatoms. The molecule has 0 saturated carbocycles. The molecule has 1 aliphatic heterocycles. The largest absolute Gasteiger partial charge is 0.453 e. The van der Waals surface area contributed by atoms with Gasteiger partial charge < -0.3 is 19.9 Å². The number of esters is 1. The summed E-state index contributed by atoms with van der Waals surface area (Å²) >= 11 is 1.55. The summed E-state index contributed by atoms with van der Waals surface area (Å²) in [5.74, 6) is -0.0510. The van der Waals surface area contributed by atoms with Gasteiger partial charge in [0.2, 0.25) is 5.91 Å². The third kappa shape index (κ3) is 4.99. The number of aromatic nitrogens is 2. The minimum atomic E-state index is -0.715. The van der Waals surface area contributed by atoms with Gasteiger partial charge in [-0.1, -0.05) is 48.5 Å². The van der Waals surface area contributed by atoms with Crippen molar-refractivity contribution in [2.75, 3.05) is 11.4 Å². The fourth-order valence-corrected chi connectivity index (χ4v) is 5.80. The Balaban J connectivity index is 1.16. The number of anilines is 1. The molecule has 40 heavy (non-hydrogen) atoms. The van der Waals surface area contributed by atoms with Gasteiger partial charge in [-0.3, -0.25) is 14.4 Å². The summed E-state index contributed by atoms with van der Waals surface area (Å²) in [7, 11) is 0. The molecule has 1 unspecified atom stereocenters. The zero-order chi connectivity index (χ0) is 27.6. The number of fused-ring (bicyclic) bond motifs is 3. The number of H-pyrrole nitrogens is 1. The number of rotatable bonds is 7. The summed E-state index contributed by atoms with van der Waals surface area (Å²) in [6, 6.07) is 24.4. The maximum absolute atomic E-state index is 13.7. The lowest BCUT2D eigenvalue weighted by Gasteiger charge is -2.24. The smallest absolute Gasteiger partial charge is 0.303 e. The van der Waals surface area contributed by atoms with Gasteiger partial charge in [0.1, 0.15) is 5.82 Å². The Morgan fingerprint density at radius 2 is 1.77 bits per heavy atom. The van der Waals surface area contributed by atoms with Crippen LogP contribution in [0.3, 0.4) is 0 Å². The highest BCUT2D eigenvalue weighted by molar-refractivity contribution is 7.10. The number of nitrogens with one attached hydrogen (secondary N) is 2. The number of amides is 2. The molecule has 3 heterocycles. The first kappa shape index (κ1) is 25.5. The van der Waals surface area contributed by atoms with Crippen molar-refractivity contribution in [2.24, 2.45) is 0 Å². The Morgan fingerprint density at radius 3 is 2.60 bits per heavy atom. The van der Waals surface area contributed by atoms with Crippen molar-refractivity contribution in [3.8, 4) is 11.4 Å². The van der Waals surface area contributed by atoms with Crippen molar-refractivity contribution >= 4 is 45.8 Å². The van der Waals surface area contributed by atoms with E-state index in [4.69, 9.17) is 4.74 Å². The zero-order valence-corrected chi connectivity index (χ0v) is 22.5. The number of hydrogen-bond donors (Lipinski definition) is 2. The van der Waals surface area contributed by atoms with E-state index in [2.05, 4.69) is 15.3 Å². The fourth-order valence-electron chi connectivity index (χ4n) is 4.99. The molecular formula is C31H26N4O4S. The Morgan fingerprint density at radius 1 is 1.02 bits per heavy atom. The molecule has 5 aromatic rings. The minimum absolute atomic E-state index is 0.113. The molecular weight excluding hydrogens is 524 g/mol. The van der Waals surface area contributed by atoms with Gasteiger partial charge in [-0.15, -0.1) is 11.3 Å². The van der Waals surface area contributed by atoms with Crippen LogP contribution in [-0.2, 0) is 20.9 Å². The van der Waals surface area contributed by atoms with E-state index in [0.717, 1.165) is 27.3 Å². The molecule has 0 bridgehead atoms. The van der Waals surface area contributed by atoms with Gasteiger partial charge in [-0.05, 0) is 30.3 Å². The van der Waals surface area contributed by atoms with Gasteiger partial charge in [0.05, 0.1) is 23.3 Å². The number of para-hydroxylation sites is 3. The normalized spacial score (nSPS) is 14.4. The highest BCUT2D eigenvalue weighted by Gasteiger charge is 2.34. The van der Waals surface area contributed by atoms with Crippen molar-refractivity contribution in [2.45, 2.75) is 26.0 Å². The SMILES string of the molecule is CC(=O)OC1c2ccccc2C(=O)N(CCC(=O)NCc2cc(-c3nc4ccccc4[nH]3)cs2)c2ccccc21. The van der Waals surface area contributed by atoms with E-state index < -0.39 is 12.1 Å². The number of nitrogens with zero attached hydrogens (tertiary/aromatic N) is 2. The summed E-state index contributed by atoms with van der Waals surface area (Å²) in [5.41, 5.74) is 5.25. The highest BCUT2D eigenvalue weighted by Crippen LogP contribution is 2.39. The van der Waals surface area contributed by atoms with Crippen molar-refractivity contribution in [3.05, 3.63) is 106 Å². The van der Waals surface area contributed by atoms with Gasteiger partial charge >= 0.3 is 5.97 Å². The molecule has 2 amide bonds. The second-order valence-corrected chi connectivity index (χ2v) is 10.5. The van der Waals surface area contributed by atoms with Crippen LogP contribution < -0.4 is 10.2 Å². The van der Waals surface area contributed by atoms with Crippen LogP contribution in [0.15, 0.2) is 84.2 Å². The zero-order valence-electron chi connectivity index (χ0n) is 21.7. The first-order valence-corrected chi connectivity index (χ1v) is 13.8. The summed E-state index contributed by atoms with van der Waals surface area (Å²) in [5, 5.41) is 4.99. The number of carbonyl (C=O) groups is 3. The first-order valence-electron chi connectivity index (χ1n) is 12.9. The number of imidazole rings is 1. The predicted octanol–water partition coefficient (Wildman–Crippen LogP) is 5.61.